The lowest BCUT2D eigenvalue weighted by Crippen LogP contribution is -2.41. The number of hydrogen-bond donors (Lipinski definition) is 1. The molecule has 1 heterocycles. The van der Waals surface area contributed by atoms with Gasteiger partial charge in [0.05, 0.1) is 4.99 Å². The number of nitrogens with two attached hydrogens (primary N) is 1. The van der Waals surface area contributed by atoms with Crippen molar-refractivity contribution in [1.29, 1.82) is 0 Å². The molecule has 3 nitrogen and oxygen atoms in total. The summed E-state index contributed by atoms with van der Waals surface area (Å²) < 4.78 is 0. The van der Waals surface area contributed by atoms with Crippen molar-refractivity contribution in [1.82, 2.24) is 4.90 Å². The molecule has 1 saturated heterocycles. The minimum Gasteiger partial charge on any atom is -0.393 e. The second kappa shape index (κ2) is 3.85. The molecule has 1 aliphatic heterocycles. The first-order valence-electron chi connectivity index (χ1n) is 5.26. The smallest absolute Gasteiger partial charge is 0.225 e. The van der Waals surface area contributed by atoms with Gasteiger partial charge >= 0.3 is 0 Å². The molecular weight excluding hydrogens is 196 g/mol. The fourth-order valence-electron chi connectivity index (χ4n) is 1.97. The van der Waals surface area contributed by atoms with E-state index in [1.807, 2.05) is 4.90 Å². The summed E-state index contributed by atoms with van der Waals surface area (Å²) in [5.41, 5.74) is 5.59. The van der Waals surface area contributed by atoms with Crippen LogP contribution in [0.1, 0.15) is 25.7 Å². The van der Waals surface area contributed by atoms with Crippen LogP contribution in [0.4, 0.5) is 0 Å². The van der Waals surface area contributed by atoms with Gasteiger partial charge in [0.1, 0.15) is 0 Å². The van der Waals surface area contributed by atoms with Gasteiger partial charge in [-0.15, -0.1) is 0 Å². The zero-order valence-electron chi connectivity index (χ0n) is 8.24. The first-order valence-corrected chi connectivity index (χ1v) is 5.67. The number of thiocarbonyl (C=S) groups is 1. The van der Waals surface area contributed by atoms with E-state index >= 15 is 0 Å². The topological polar surface area (TPSA) is 46.3 Å². The van der Waals surface area contributed by atoms with Gasteiger partial charge in [0.15, 0.2) is 0 Å². The third-order valence-corrected chi connectivity index (χ3v) is 3.47. The fourth-order valence-corrected chi connectivity index (χ4v) is 2.21. The Labute approximate surface area is 89.6 Å². The van der Waals surface area contributed by atoms with Gasteiger partial charge in [-0.2, -0.15) is 0 Å². The van der Waals surface area contributed by atoms with E-state index in [4.69, 9.17) is 18.0 Å². The van der Waals surface area contributed by atoms with Crippen molar-refractivity contribution in [2.24, 2.45) is 17.6 Å². The SMILES string of the molecule is NC(=S)C1CCN(C(=O)C2CC2)CC1. The molecule has 0 atom stereocenters. The van der Waals surface area contributed by atoms with Crippen molar-refractivity contribution in [3.05, 3.63) is 0 Å². The summed E-state index contributed by atoms with van der Waals surface area (Å²) >= 11 is 4.96. The van der Waals surface area contributed by atoms with Crippen LogP contribution in [0.3, 0.4) is 0 Å². The van der Waals surface area contributed by atoms with Crippen LogP contribution in [0.5, 0.6) is 0 Å². The number of rotatable bonds is 2. The molecule has 2 aliphatic rings. The largest absolute Gasteiger partial charge is 0.393 e. The summed E-state index contributed by atoms with van der Waals surface area (Å²) in [7, 11) is 0. The van der Waals surface area contributed by atoms with Crippen LogP contribution in [-0.2, 0) is 4.79 Å². The summed E-state index contributed by atoms with van der Waals surface area (Å²) in [6.07, 6.45) is 4.09. The molecule has 0 aromatic carbocycles. The molecule has 14 heavy (non-hydrogen) atoms. The second-order valence-electron chi connectivity index (χ2n) is 4.28. The Morgan fingerprint density at radius 2 is 1.71 bits per heavy atom. The molecule has 0 unspecified atom stereocenters. The molecule has 0 aromatic rings. The van der Waals surface area contributed by atoms with Gasteiger partial charge in [0.2, 0.25) is 5.91 Å². The van der Waals surface area contributed by atoms with Gasteiger partial charge in [0.25, 0.3) is 0 Å². The highest BCUT2D eigenvalue weighted by Crippen LogP contribution is 2.32. The molecule has 0 bridgehead atoms. The minimum atomic E-state index is 0.344. The molecule has 0 aromatic heterocycles. The number of carbonyl (C=O) groups is 1. The van der Waals surface area contributed by atoms with Crippen LogP contribution in [0.15, 0.2) is 0 Å². The van der Waals surface area contributed by atoms with Gasteiger partial charge in [-0.3, -0.25) is 4.79 Å². The first-order chi connectivity index (χ1) is 6.68. The second-order valence-corrected chi connectivity index (χ2v) is 4.75. The van der Waals surface area contributed by atoms with E-state index < -0.39 is 0 Å². The van der Waals surface area contributed by atoms with Crippen LogP contribution in [0.25, 0.3) is 0 Å². The summed E-state index contributed by atoms with van der Waals surface area (Å²) in [4.78, 5) is 14.3. The summed E-state index contributed by atoms with van der Waals surface area (Å²) in [6, 6.07) is 0. The zero-order chi connectivity index (χ0) is 10.1. The number of amides is 1. The maximum absolute atomic E-state index is 11.7. The van der Waals surface area contributed by atoms with Crippen molar-refractivity contribution in [3.63, 3.8) is 0 Å². The Kier molecular flexibility index (Phi) is 2.72. The van der Waals surface area contributed by atoms with Crippen molar-refractivity contribution in [2.75, 3.05) is 13.1 Å². The van der Waals surface area contributed by atoms with Crippen LogP contribution in [0, 0.1) is 11.8 Å². The molecule has 0 spiro atoms. The van der Waals surface area contributed by atoms with E-state index in [9.17, 15) is 4.79 Å². The maximum Gasteiger partial charge on any atom is 0.225 e. The molecule has 1 amide bonds. The lowest BCUT2D eigenvalue weighted by Gasteiger charge is -2.31. The van der Waals surface area contributed by atoms with Gasteiger partial charge in [-0.05, 0) is 25.7 Å². The fraction of sp³-hybridized carbons (Fsp3) is 0.800. The highest BCUT2D eigenvalue weighted by atomic mass is 32.1. The van der Waals surface area contributed by atoms with Crippen LogP contribution < -0.4 is 5.73 Å². The summed E-state index contributed by atoms with van der Waals surface area (Å²) in [5, 5.41) is 0. The van der Waals surface area contributed by atoms with Crippen molar-refractivity contribution < 1.29 is 4.79 Å². The average Bonchev–Trinajstić information content (AvgIpc) is 3.00. The molecule has 78 valence electrons. The molecule has 1 saturated carbocycles. The zero-order valence-corrected chi connectivity index (χ0v) is 9.05. The number of carbonyl (C=O) groups excluding carboxylic acids is 1. The predicted molar refractivity (Wildman–Crippen MR) is 58.8 cm³/mol. The van der Waals surface area contributed by atoms with Crippen molar-refractivity contribution in [3.8, 4) is 0 Å². The van der Waals surface area contributed by atoms with Crippen molar-refractivity contribution in [2.45, 2.75) is 25.7 Å². The highest BCUT2D eigenvalue weighted by Gasteiger charge is 2.35. The Balaban J connectivity index is 1.83. The molecule has 2 fully saturated rings. The van der Waals surface area contributed by atoms with E-state index in [0.717, 1.165) is 38.8 Å². The third-order valence-electron chi connectivity index (χ3n) is 3.14. The number of likely N-dealkylation sites (tertiary alicyclic amines) is 1. The average molecular weight is 212 g/mol. The normalized spacial score (nSPS) is 23.6. The number of piperidine rings is 1. The molecule has 1 aliphatic carbocycles. The van der Waals surface area contributed by atoms with Gasteiger partial charge in [0, 0.05) is 24.9 Å². The van der Waals surface area contributed by atoms with E-state index in [1.165, 1.54) is 0 Å². The Morgan fingerprint density at radius 3 is 2.14 bits per heavy atom. The quantitative estimate of drug-likeness (QED) is 0.692. The molecule has 2 rings (SSSR count). The summed E-state index contributed by atoms with van der Waals surface area (Å²) in [5.74, 6) is 1.05. The summed E-state index contributed by atoms with van der Waals surface area (Å²) in [6.45, 7) is 1.69. The minimum absolute atomic E-state index is 0.344. The van der Waals surface area contributed by atoms with Crippen LogP contribution in [0.2, 0.25) is 0 Å². The van der Waals surface area contributed by atoms with Gasteiger partial charge < -0.3 is 10.6 Å². The highest BCUT2D eigenvalue weighted by molar-refractivity contribution is 7.80. The maximum atomic E-state index is 11.7. The van der Waals surface area contributed by atoms with Gasteiger partial charge in [-0.25, -0.2) is 0 Å². The van der Waals surface area contributed by atoms with Crippen molar-refractivity contribution >= 4 is 23.1 Å². The van der Waals surface area contributed by atoms with E-state index in [0.29, 0.717) is 22.7 Å². The Hall–Kier alpha value is -0.640. The van der Waals surface area contributed by atoms with Crippen LogP contribution >= 0.6 is 12.2 Å². The van der Waals surface area contributed by atoms with Crippen LogP contribution in [-0.4, -0.2) is 28.9 Å². The molecular formula is C10H16N2OS. The van der Waals surface area contributed by atoms with E-state index in [2.05, 4.69) is 0 Å². The number of hydrogen-bond acceptors (Lipinski definition) is 2. The lowest BCUT2D eigenvalue weighted by atomic mass is 9.97. The molecule has 4 heteroatoms. The molecule has 0 radical (unpaired) electrons. The first kappa shape index (κ1) is 9.90. The standard InChI is InChI=1S/C10H16N2OS/c11-9(14)7-3-5-12(6-4-7)10(13)8-1-2-8/h7-8H,1-6H2,(H2,11,14). The number of nitrogens with zero attached hydrogens (tertiary/aromatic N) is 1. The molecule has 2 N–H and O–H groups in total. The monoisotopic (exact) mass is 212 g/mol. The Bertz CT molecular complexity index is 255. The van der Waals surface area contributed by atoms with Gasteiger partial charge in [-0.1, -0.05) is 12.2 Å². The lowest BCUT2D eigenvalue weighted by molar-refractivity contribution is -0.133. The van der Waals surface area contributed by atoms with E-state index in [1.54, 1.807) is 0 Å². The predicted octanol–water partition coefficient (Wildman–Crippen LogP) is 0.921. The van der Waals surface area contributed by atoms with E-state index in [-0.39, 0.29) is 0 Å². The third kappa shape index (κ3) is 2.05. The Morgan fingerprint density at radius 1 is 1.14 bits per heavy atom.